The molecule has 0 spiro atoms. The Morgan fingerprint density at radius 2 is 2.00 bits per heavy atom. The Bertz CT molecular complexity index is 828. The Morgan fingerprint density at radius 3 is 2.69 bits per heavy atom. The largest absolute Gasteiger partial charge is 0.396 e. The molecule has 2 aromatic rings. The molecule has 1 amide bonds. The Kier molecular flexibility index (Phi) is 4.49. The molecule has 2 aromatic carbocycles. The summed E-state index contributed by atoms with van der Waals surface area (Å²) in [6.45, 7) is 0.0526. The molecule has 0 unspecified atom stereocenters. The molecule has 2 aliphatic rings. The van der Waals surface area contributed by atoms with E-state index in [1.165, 1.54) is 23.8 Å². The van der Waals surface area contributed by atoms with Gasteiger partial charge in [-0.15, -0.1) is 0 Å². The summed E-state index contributed by atoms with van der Waals surface area (Å²) in [7, 11) is 0. The molecular weight excluding hydrogens is 353 g/mol. The first-order chi connectivity index (χ1) is 12.5. The van der Waals surface area contributed by atoms with Crippen molar-refractivity contribution >= 4 is 17.5 Å². The molecule has 0 saturated carbocycles. The van der Waals surface area contributed by atoms with Crippen LogP contribution < -0.4 is 0 Å². The third kappa shape index (κ3) is 2.81. The molecule has 2 aliphatic heterocycles. The molecule has 2 fully saturated rings. The zero-order valence-electron chi connectivity index (χ0n) is 14.4. The van der Waals surface area contributed by atoms with Crippen molar-refractivity contribution in [3.63, 3.8) is 0 Å². The van der Waals surface area contributed by atoms with Gasteiger partial charge in [0.1, 0.15) is 5.82 Å². The van der Waals surface area contributed by atoms with E-state index in [0.29, 0.717) is 5.56 Å². The van der Waals surface area contributed by atoms with Gasteiger partial charge in [-0.2, -0.15) is 0 Å². The maximum atomic E-state index is 13.4. The zero-order chi connectivity index (χ0) is 18.3. The molecule has 1 N–H and O–H groups in total. The number of fused-ring (bicyclic) bond motifs is 2. The second kappa shape index (κ2) is 6.67. The maximum absolute atomic E-state index is 13.4. The summed E-state index contributed by atoms with van der Waals surface area (Å²) < 4.78 is 13.4. The van der Waals surface area contributed by atoms with Crippen molar-refractivity contribution in [3.05, 3.63) is 70.5 Å². The van der Waals surface area contributed by atoms with Crippen molar-refractivity contribution < 1.29 is 14.3 Å². The van der Waals surface area contributed by atoms with Crippen molar-refractivity contribution in [1.29, 1.82) is 0 Å². The van der Waals surface area contributed by atoms with Crippen molar-refractivity contribution in [2.45, 2.75) is 37.8 Å². The highest BCUT2D eigenvalue weighted by Crippen LogP contribution is 2.51. The maximum Gasteiger partial charge on any atom is 0.254 e. The van der Waals surface area contributed by atoms with E-state index >= 15 is 0 Å². The van der Waals surface area contributed by atoms with Crippen LogP contribution in [0.25, 0.3) is 0 Å². The number of halogens is 2. The van der Waals surface area contributed by atoms with Crippen molar-refractivity contribution in [1.82, 2.24) is 4.90 Å². The third-order valence-electron chi connectivity index (χ3n) is 5.97. The molecule has 0 radical (unpaired) electrons. The lowest BCUT2D eigenvalue weighted by Gasteiger charge is -2.36. The lowest BCUT2D eigenvalue weighted by Crippen LogP contribution is -2.43. The summed E-state index contributed by atoms with van der Waals surface area (Å²) in [5.41, 5.74) is 1.26. The number of carbonyl (C=O) groups excluding carboxylic acids is 1. The number of rotatable bonds is 4. The van der Waals surface area contributed by atoms with E-state index in [1.807, 2.05) is 23.1 Å². The minimum atomic E-state index is -0.526. The first-order valence-corrected chi connectivity index (χ1v) is 9.34. The fourth-order valence-corrected chi connectivity index (χ4v) is 4.97. The summed E-state index contributed by atoms with van der Waals surface area (Å²) in [5, 5.41) is 10.2. The molecule has 5 heteroatoms. The highest BCUT2D eigenvalue weighted by atomic mass is 35.5. The molecule has 2 saturated heterocycles. The van der Waals surface area contributed by atoms with Gasteiger partial charge in [0, 0.05) is 23.1 Å². The average molecular weight is 374 g/mol. The highest BCUT2D eigenvalue weighted by Gasteiger charge is 2.57. The molecule has 2 bridgehead atoms. The molecule has 4 rings (SSSR count). The number of aliphatic hydroxyl groups is 1. The normalized spacial score (nSPS) is 27.1. The number of benzene rings is 2. The smallest absolute Gasteiger partial charge is 0.254 e. The Morgan fingerprint density at radius 1 is 1.23 bits per heavy atom. The van der Waals surface area contributed by atoms with Gasteiger partial charge in [0.15, 0.2) is 0 Å². The summed E-state index contributed by atoms with van der Waals surface area (Å²) in [4.78, 5) is 15.0. The number of carbonyl (C=O) groups is 1. The second-order valence-electron chi connectivity index (χ2n) is 7.48. The van der Waals surface area contributed by atoms with E-state index in [9.17, 15) is 14.3 Å². The molecule has 136 valence electrons. The highest BCUT2D eigenvalue weighted by molar-refractivity contribution is 6.31. The predicted octanol–water partition coefficient (Wildman–Crippen LogP) is 4.08. The third-order valence-corrected chi connectivity index (χ3v) is 6.26. The van der Waals surface area contributed by atoms with Crippen LogP contribution in [0.15, 0.2) is 48.5 Å². The zero-order valence-corrected chi connectivity index (χ0v) is 15.1. The Balaban J connectivity index is 1.62. The van der Waals surface area contributed by atoms with Gasteiger partial charge in [-0.25, -0.2) is 4.39 Å². The quantitative estimate of drug-likeness (QED) is 0.877. The molecule has 0 aliphatic carbocycles. The minimum Gasteiger partial charge on any atom is -0.396 e. The number of hydrogen-bond acceptors (Lipinski definition) is 2. The molecule has 3 nitrogen and oxygen atoms in total. The minimum absolute atomic E-state index is 0.00552. The van der Waals surface area contributed by atoms with Crippen LogP contribution in [0.1, 0.15) is 35.2 Å². The summed E-state index contributed by atoms with van der Waals surface area (Å²) in [6.07, 6.45) is 3.38. The van der Waals surface area contributed by atoms with Gasteiger partial charge >= 0.3 is 0 Å². The monoisotopic (exact) mass is 373 g/mol. The Labute approximate surface area is 157 Å². The molecule has 2 heterocycles. The number of aliphatic hydroxyl groups excluding tert-OH is 1. The standard InChI is InChI=1S/C21H21ClFNO2/c22-17-10-15(6-8-18(17)23)20(26)24-16-7-9-19(24)21(12-16,13-25)11-14-4-2-1-3-5-14/h1-6,8,10,16,19,25H,7,9,11-13H2/t16-,19+,21-/m0/s1. The van der Waals surface area contributed by atoms with Gasteiger partial charge in [-0.05, 0) is 49.4 Å². The molecule has 26 heavy (non-hydrogen) atoms. The van der Waals surface area contributed by atoms with Gasteiger partial charge in [0.05, 0.1) is 11.6 Å². The van der Waals surface area contributed by atoms with E-state index < -0.39 is 5.82 Å². The summed E-state index contributed by atoms with van der Waals surface area (Å²) >= 11 is 5.86. The van der Waals surface area contributed by atoms with E-state index in [0.717, 1.165) is 25.7 Å². The van der Waals surface area contributed by atoms with Crippen molar-refractivity contribution in [2.24, 2.45) is 5.41 Å². The van der Waals surface area contributed by atoms with Gasteiger partial charge < -0.3 is 10.0 Å². The SMILES string of the molecule is O=C(c1ccc(F)c(Cl)c1)N1[C@H]2CC[C@@H]1[C@@](CO)(Cc1ccccc1)C2. The average Bonchev–Trinajstić information content (AvgIpc) is 3.20. The van der Waals surface area contributed by atoms with E-state index in [1.54, 1.807) is 0 Å². The summed E-state index contributed by atoms with van der Waals surface area (Å²) in [6, 6.07) is 14.3. The first kappa shape index (κ1) is 17.5. The van der Waals surface area contributed by atoms with Gasteiger partial charge in [0.2, 0.25) is 0 Å². The van der Waals surface area contributed by atoms with Crippen LogP contribution in [0, 0.1) is 11.2 Å². The molecule has 3 atom stereocenters. The van der Waals surface area contributed by atoms with Crippen LogP contribution in [-0.4, -0.2) is 34.6 Å². The first-order valence-electron chi connectivity index (χ1n) is 8.96. The second-order valence-corrected chi connectivity index (χ2v) is 7.88. The van der Waals surface area contributed by atoms with Crippen LogP contribution in [0.4, 0.5) is 4.39 Å². The van der Waals surface area contributed by atoms with E-state index in [-0.39, 0.29) is 35.0 Å². The van der Waals surface area contributed by atoms with E-state index in [4.69, 9.17) is 11.6 Å². The lowest BCUT2D eigenvalue weighted by atomic mass is 9.70. The molecular formula is C21H21ClFNO2. The topological polar surface area (TPSA) is 40.5 Å². The van der Waals surface area contributed by atoms with Crippen LogP contribution in [0.5, 0.6) is 0 Å². The number of hydrogen-bond donors (Lipinski definition) is 1. The van der Waals surface area contributed by atoms with Crippen LogP contribution in [0.3, 0.4) is 0 Å². The Hall–Kier alpha value is -1.91. The van der Waals surface area contributed by atoms with Crippen molar-refractivity contribution in [3.8, 4) is 0 Å². The van der Waals surface area contributed by atoms with E-state index in [2.05, 4.69) is 12.1 Å². The van der Waals surface area contributed by atoms with Gasteiger partial charge in [-0.3, -0.25) is 4.79 Å². The van der Waals surface area contributed by atoms with Gasteiger partial charge in [-0.1, -0.05) is 41.9 Å². The fourth-order valence-electron chi connectivity index (χ4n) is 4.79. The van der Waals surface area contributed by atoms with Crippen LogP contribution in [0.2, 0.25) is 5.02 Å². The van der Waals surface area contributed by atoms with Gasteiger partial charge in [0.25, 0.3) is 5.91 Å². The van der Waals surface area contributed by atoms with Crippen molar-refractivity contribution in [2.75, 3.05) is 6.61 Å². The molecule has 0 aromatic heterocycles. The lowest BCUT2D eigenvalue weighted by molar-refractivity contribution is 0.0571. The number of nitrogens with zero attached hydrogens (tertiary/aromatic N) is 1. The van der Waals surface area contributed by atoms with Crippen LogP contribution >= 0.6 is 11.6 Å². The predicted molar refractivity (Wildman–Crippen MR) is 98.7 cm³/mol. The number of amides is 1. The summed E-state index contributed by atoms with van der Waals surface area (Å²) in [5.74, 6) is -0.649. The van der Waals surface area contributed by atoms with Crippen LogP contribution in [-0.2, 0) is 6.42 Å². The fraction of sp³-hybridized carbons (Fsp3) is 0.381.